The fourth-order valence-corrected chi connectivity index (χ4v) is 18.0. The number of nitrogens with one attached hydrogen (secondary N) is 3. The van der Waals surface area contributed by atoms with Gasteiger partial charge < -0.3 is 58.6 Å². The lowest BCUT2D eigenvalue weighted by atomic mass is 10.0. The number of Topliss-reactive ketones (excluding diaryl/α,β-unsaturated/α-hetero) is 3. The number of benzene rings is 9. The van der Waals surface area contributed by atoms with Crippen LogP contribution in [0.2, 0.25) is 15.1 Å². The molecule has 6 amide bonds. The second-order valence-corrected chi connectivity index (χ2v) is 34.7. The molecule has 4 aliphatic rings. The molecular weight excluding hydrogens is 1830 g/mol. The van der Waals surface area contributed by atoms with Crippen LogP contribution < -0.4 is 30.2 Å². The first-order valence-corrected chi connectivity index (χ1v) is 44.6. The van der Waals surface area contributed by atoms with E-state index in [9.17, 15) is 51.9 Å². The molecule has 9 aromatic carbocycles. The molecule has 3 aliphatic heterocycles. The van der Waals surface area contributed by atoms with Crippen LogP contribution in [0, 0.1) is 37.2 Å². The standard InChI is InChI=1S/C35H29ClFN5O4.C34H28ClF2N5O4.C33H26ClF2N5O4/c1-19-15-38-35(39-16-19)46-22-10-11-29-25(14-22)26(20(2)43)17-41(29)18-32(44)42-30-12-21(30)13-31(42)34(45)40-28-9-5-7-24(33(28)37)23-6-3-4-8-27(23)36;1-19-14-38-34(39-15-19)46-22-10-11-29-25(13-22)26(20(2)43)17-41(29)18-31(44)42-16-21(36)12-30(42)33(45)40-28-9-5-7-24(32(28)37)23-6-3-4-8-27(23)35;1-19(42)25-17-40(28-15-21(10-11-23(25)28)45-33-37-12-5-13-38-33)18-30(43)41-16-20(35)14-29(41)32(44)39-27-9-4-7-24(31(27)36)22-6-2-3-8-26(22)34/h3-11,14-17,21,30-31H,12-13,18H2,1-2H3,(H,40,45);3-11,13-15,17,21,30H,12,16,18H2,1-2H3,(H,40,45);2-13,15,17,20,29H,14,16,18H2,1H3,(H,39,44)/t21-,30-,31+;21-,30+;20-,29+/m111/s1. The van der Waals surface area contributed by atoms with Crippen molar-refractivity contribution in [3.8, 4) is 68.7 Å². The Labute approximate surface area is 794 Å². The molecular formula is C102H83Cl3F5N15O12. The number of rotatable bonds is 24. The fraction of sp³-hybridized carbons (Fsp3) is 0.206. The lowest BCUT2D eigenvalue weighted by Crippen LogP contribution is -2.46. The Bertz CT molecular complexity index is 7180. The maximum atomic E-state index is 15.6. The summed E-state index contributed by atoms with van der Waals surface area (Å²) in [5.74, 6) is -4.41. The monoisotopic (exact) mass is 1910 g/mol. The second kappa shape index (κ2) is 40.0. The van der Waals surface area contributed by atoms with Crippen LogP contribution in [0.1, 0.15) is 88.7 Å². The van der Waals surface area contributed by atoms with E-state index in [2.05, 4.69) is 45.9 Å². The Morgan fingerprint density at radius 2 is 0.730 bits per heavy atom. The van der Waals surface area contributed by atoms with Gasteiger partial charge in [0.15, 0.2) is 34.8 Å². The number of ether oxygens (including phenoxy) is 3. The third kappa shape index (κ3) is 20.4. The number of aromatic nitrogens is 9. The second-order valence-electron chi connectivity index (χ2n) is 33.5. The highest BCUT2D eigenvalue weighted by Gasteiger charge is 2.56. The van der Waals surface area contributed by atoms with Gasteiger partial charge in [-0.25, -0.2) is 51.9 Å². The number of alkyl halides is 2. The van der Waals surface area contributed by atoms with Crippen molar-refractivity contribution in [1.82, 2.24) is 58.3 Å². The van der Waals surface area contributed by atoms with Crippen LogP contribution in [-0.2, 0) is 48.4 Å². The maximum absolute atomic E-state index is 15.6. The normalized spacial score (nSPS) is 16.9. The topological polar surface area (TPSA) is 319 Å². The summed E-state index contributed by atoms with van der Waals surface area (Å²) < 4.78 is 98.2. The summed E-state index contributed by atoms with van der Waals surface area (Å²) in [4.78, 5) is 147. The SMILES string of the molecule is CC(=O)c1cn(CC(=O)N2C[C@H](F)C[C@H]2C(=O)Nc2cccc(-c3ccccc3Cl)c2F)c2cc(Oc3ncccn3)ccc12.CC(=O)c1cn(CC(=O)N2C[C@H](F)C[C@H]2C(=O)Nc2cccc(-c3ccccc3Cl)c2F)c2ccc(Oc3ncc(C)cn3)cc12.CC(=O)c1cn(CC(=O)N2[C@@H]3C[C@@H]3C[C@H]2C(=O)Nc2cccc(-c3ccccc3Cl)c2F)c2ccc(Oc3ncc(C)cn3)cc12. The first-order valence-electron chi connectivity index (χ1n) is 43.5. The van der Waals surface area contributed by atoms with E-state index in [0.717, 1.165) is 27.3 Å². The van der Waals surface area contributed by atoms with Gasteiger partial charge in [-0.05, 0) is 156 Å². The van der Waals surface area contributed by atoms with Gasteiger partial charge in [-0.15, -0.1) is 0 Å². The lowest BCUT2D eigenvalue weighted by Gasteiger charge is -2.27. The minimum atomic E-state index is -1.45. The number of carbonyl (C=O) groups is 9. The molecule has 35 heteroatoms. The zero-order chi connectivity index (χ0) is 96.3. The molecule has 0 spiro atoms. The number of hydrogen-bond acceptors (Lipinski definition) is 18. The van der Waals surface area contributed by atoms with Gasteiger partial charge in [0, 0.05) is 173 Å². The van der Waals surface area contributed by atoms with Gasteiger partial charge in [0.05, 0.1) is 35.7 Å². The molecule has 4 fully saturated rings. The number of likely N-dealkylation sites (tertiary alicyclic amines) is 3. The molecule has 6 aromatic heterocycles. The summed E-state index contributed by atoms with van der Waals surface area (Å²) in [5, 5.41) is 10.6. The fourth-order valence-electron chi connectivity index (χ4n) is 17.3. The molecule has 27 nitrogen and oxygen atoms in total. The number of piperidine rings is 1. The smallest absolute Gasteiger partial charge is 0.321 e. The molecule has 0 unspecified atom stereocenters. The largest absolute Gasteiger partial charge is 0.424 e. The van der Waals surface area contributed by atoms with E-state index >= 15 is 13.2 Å². The van der Waals surface area contributed by atoms with Crippen molar-refractivity contribution in [2.24, 2.45) is 5.92 Å². The van der Waals surface area contributed by atoms with Crippen molar-refractivity contribution >= 4 is 137 Å². The summed E-state index contributed by atoms with van der Waals surface area (Å²) in [6.45, 7) is 6.78. The number of hydrogen-bond donors (Lipinski definition) is 3. The zero-order valence-electron chi connectivity index (χ0n) is 73.8. The summed E-state index contributed by atoms with van der Waals surface area (Å²) in [7, 11) is 0. The molecule has 137 heavy (non-hydrogen) atoms. The van der Waals surface area contributed by atoms with Gasteiger partial charge in [-0.2, -0.15) is 0 Å². The van der Waals surface area contributed by atoms with E-state index in [1.807, 2.05) is 13.8 Å². The van der Waals surface area contributed by atoms with Crippen LogP contribution in [0.25, 0.3) is 66.1 Å². The molecule has 0 radical (unpaired) electrons. The van der Waals surface area contributed by atoms with Crippen molar-refractivity contribution in [2.45, 2.75) is 116 Å². The van der Waals surface area contributed by atoms with E-state index in [1.54, 1.807) is 220 Å². The lowest BCUT2D eigenvalue weighted by molar-refractivity contribution is -0.138. The van der Waals surface area contributed by atoms with Crippen molar-refractivity contribution in [2.75, 3.05) is 29.0 Å². The molecule has 1 saturated carbocycles. The Hall–Kier alpha value is -15.4. The number of anilines is 3. The van der Waals surface area contributed by atoms with E-state index in [1.165, 1.54) is 63.5 Å². The number of ketones is 3. The van der Waals surface area contributed by atoms with Crippen molar-refractivity contribution in [3.05, 3.63) is 304 Å². The molecule has 15 aromatic rings. The van der Waals surface area contributed by atoms with E-state index in [4.69, 9.17) is 49.0 Å². The Balaban J connectivity index is 0.000000142. The summed E-state index contributed by atoms with van der Waals surface area (Å²) in [6, 6.07) is 48.3. The number of aryl methyl sites for hydroxylation is 2. The minimum Gasteiger partial charge on any atom is -0.424 e. The predicted octanol–water partition coefficient (Wildman–Crippen LogP) is 20.1. The number of fused-ring (bicyclic) bond motifs is 4. The number of nitrogens with zero attached hydrogens (tertiary/aromatic N) is 12. The van der Waals surface area contributed by atoms with Crippen molar-refractivity contribution in [3.63, 3.8) is 0 Å². The molecule has 694 valence electrons. The Morgan fingerprint density at radius 1 is 0.380 bits per heavy atom. The highest BCUT2D eigenvalue weighted by Crippen LogP contribution is 2.49. The first kappa shape index (κ1) is 93.4. The molecule has 0 bridgehead atoms. The van der Waals surface area contributed by atoms with Gasteiger partial charge in [0.2, 0.25) is 35.4 Å². The molecule has 9 heterocycles. The third-order valence-corrected chi connectivity index (χ3v) is 25.0. The zero-order valence-corrected chi connectivity index (χ0v) is 76.1. The van der Waals surface area contributed by atoms with Crippen LogP contribution in [0.4, 0.5) is 39.0 Å². The van der Waals surface area contributed by atoms with Gasteiger partial charge in [0.25, 0.3) is 0 Å². The highest BCUT2D eigenvalue weighted by atomic mass is 35.5. The van der Waals surface area contributed by atoms with E-state index < -0.39 is 77.5 Å². The summed E-state index contributed by atoms with van der Waals surface area (Å²) >= 11 is 18.8. The number of halogens is 8. The molecule has 7 atom stereocenters. The number of amides is 6. The molecule has 3 N–H and O–H groups in total. The van der Waals surface area contributed by atoms with E-state index in [-0.39, 0.29) is 133 Å². The Morgan fingerprint density at radius 3 is 1.13 bits per heavy atom. The third-order valence-electron chi connectivity index (χ3n) is 24.0. The Kier molecular flexibility index (Phi) is 27.3. The summed E-state index contributed by atoms with van der Waals surface area (Å²) in [6.07, 6.45) is 12.3. The highest BCUT2D eigenvalue weighted by molar-refractivity contribution is 6.34. The van der Waals surface area contributed by atoms with Crippen LogP contribution in [-0.4, -0.2) is 161 Å². The van der Waals surface area contributed by atoms with Crippen molar-refractivity contribution < 1.29 is 79.3 Å². The average Bonchev–Trinajstić information content (AvgIpc) is 1.58. The number of carbonyl (C=O) groups excluding carboxylic acids is 9. The van der Waals surface area contributed by atoms with Gasteiger partial charge in [0.1, 0.15) is 67.4 Å². The maximum Gasteiger partial charge on any atom is 0.321 e. The van der Waals surface area contributed by atoms with Gasteiger partial charge >= 0.3 is 18.0 Å². The van der Waals surface area contributed by atoms with Crippen LogP contribution >= 0.6 is 34.8 Å². The van der Waals surface area contributed by atoms with Crippen LogP contribution in [0.5, 0.6) is 35.3 Å². The van der Waals surface area contributed by atoms with Gasteiger partial charge in [-0.3, -0.25) is 43.2 Å². The predicted molar refractivity (Wildman–Crippen MR) is 505 cm³/mol. The summed E-state index contributed by atoms with van der Waals surface area (Å²) in [5.41, 5.74) is 6.52. The van der Waals surface area contributed by atoms with E-state index in [0.29, 0.717) is 105 Å². The molecule has 19 rings (SSSR count). The van der Waals surface area contributed by atoms with Crippen LogP contribution in [0.15, 0.2) is 244 Å². The van der Waals surface area contributed by atoms with Gasteiger partial charge in [-0.1, -0.05) is 126 Å². The first-order chi connectivity index (χ1) is 65.9. The van der Waals surface area contributed by atoms with Crippen molar-refractivity contribution in [1.29, 1.82) is 0 Å². The quantitative estimate of drug-likeness (QED) is 0.0374. The minimum absolute atomic E-state index is 0.0203. The average molecular weight is 1910 g/mol. The molecule has 3 saturated heterocycles. The molecule has 1 aliphatic carbocycles. The van der Waals surface area contributed by atoms with Crippen LogP contribution in [0.3, 0.4) is 0 Å².